The van der Waals surface area contributed by atoms with E-state index in [9.17, 15) is 0 Å². The van der Waals surface area contributed by atoms with Gasteiger partial charge in [-0.3, -0.25) is 0 Å². The second kappa shape index (κ2) is 3.32. The molecule has 0 fully saturated rings. The smallest absolute Gasteiger partial charge is 0.0770 e. The van der Waals surface area contributed by atoms with Crippen molar-refractivity contribution < 1.29 is 4.74 Å². The molecule has 0 aromatic rings. The van der Waals surface area contributed by atoms with Crippen LogP contribution < -0.4 is 0 Å². The molecule has 0 amide bonds. The van der Waals surface area contributed by atoms with Gasteiger partial charge in [0.1, 0.15) is 0 Å². The summed E-state index contributed by atoms with van der Waals surface area (Å²) < 4.78 is 5.10. The molecule has 0 radical (unpaired) electrons. The largest absolute Gasteiger partial charge is 0.377 e. The van der Waals surface area contributed by atoms with E-state index >= 15 is 0 Å². The van der Waals surface area contributed by atoms with Crippen molar-refractivity contribution in [2.75, 3.05) is 7.11 Å². The predicted molar refractivity (Wildman–Crippen MR) is 36.9 cm³/mol. The first-order valence-electron chi connectivity index (χ1n) is 3.11. The number of rotatable bonds is 1. The third-order valence-electron chi connectivity index (χ3n) is 1.35. The summed E-state index contributed by atoms with van der Waals surface area (Å²) in [7, 11) is 1.72. The van der Waals surface area contributed by atoms with Crippen molar-refractivity contribution in [3.8, 4) is 11.8 Å². The summed E-state index contributed by atoms with van der Waals surface area (Å²) >= 11 is 0. The lowest BCUT2D eigenvalue weighted by molar-refractivity contribution is 0.135. The summed E-state index contributed by atoms with van der Waals surface area (Å²) in [4.78, 5) is 0. The van der Waals surface area contributed by atoms with Gasteiger partial charge in [0.15, 0.2) is 0 Å². The molecule has 0 aliphatic heterocycles. The van der Waals surface area contributed by atoms with Gasteiger partial charge in [0.2, 0.25) is 0 Å². The Morgan fingerprint density at radius 2 is 2.56 bits per heavy atom. The van der Waals surface area contributed by atoms with Crippen LogP contribution in [0.15, 0.2) is 12.2 Å². The Kier molecular flexibility index (Phi) is 2.35. The van der Waals surface area contributed by atoms with E-state index in [1.807, 2.05) is 12.2 Å². The molecule has 1 atom stereocenters. The predicted octanol–water partition coefficient (Wildman–Crippen LogP) is 1.35. The Labute approximate surface area is 55.7 Å². The molecule has 1 nitrogen and oxygen atoms in total. The topological polar surface area (TPSA) is 9.23 Å². The van der Waals surface area contributed by atoms with Crippen LogP contribution in [0.1, 0.15) is 12.8 Å². The van der Waals surface area contributed by atoms with Gasteiger partial charge in [-0.15, -0.1) is 0 Å². The molecule has 0 aromatic carbocycles. The SMILES string of the molecule is COC1C=CC#CCC1. The van der Waals surface area contributed by atoms with E-state index < -0.39 is 0 Å². The van der Waals surface area contributed by atoms with Gasteiger partial charge in [0.05, 0.1) is 6.10 Å². The maximum absolute atomic E-state index is 5.10. The molecule has 0 N–H and O–H groups in total. The lowest BCUT2D eigenvalue weighted by Gasteiger charge is -2.05. The normalized spacial score (nSPS) is 24.3. The average molecular weight is 122 g/mol. The Bertz CT molecular complexity index is 159. The molecule has 9 heavy (non-hydrogen) atoms. The van der Waals surface area contributed by atoms with E-state index in [1.54, 1.807) is 7.11 Å². The Balaban J connectivity index is 2.47. The van der Waals surface area contributed by atoms with Crippen LogP contribution in [0.3, 0.4) is 0 Å². The van der Waals surface area contributed by atoms with Gasteiger partial charge < -0.3 is 4.74 Å². The first kappa shape index (κ1) is 6.38. The number of ether oxygens (including phenoxy) is 1. The standard InChI is InChI=1S/C8H10O/c1-9-8-6-4-2-3-5-7-8/h4,6,8H,5,7H2,1H3. The van der Waals surface area contributed by atoms with Crippen molar-refractivity contribution in [3.63, 3.8) is 0 Å². The minimum Gasteiger partial charge on any atom is -0.377 e. The zero-order valence-electron chi connectivity index (χ0n) is 5.55. The number of methoxy groups -OCH3 is 1. The van der Waals surface area contributed by atoms with E-state index in [1.165, 1.54) is 0 Å². The van der Waals surface area contributed by atoms with Gasteiger partial charge in [-0.25, -0.2) is 0 Å². The summed E-state index contributed by atoms with van der Waals surface area (Å²) in [5, 5.41) is 0. The molecule has 0 saturated carbocycles. The zero-order chi connectivity index (χ0) is 6.53. The van der Waals surface area contributed by atoms with Crippen LogP contribution in [-0.4, -0.2) is 13.2 Å². The van der Waals surface area contributed by atoms with Crippen LogP contribution >= 0.6 is 0 Å². The maximum Gasteiger partial charge on any atom is 0.0770 e. The third-order valence-corrected chi connectivity index (χ3v) is 1.35. The van der Waals surface area contributed by atoms with Crippen molar-refractivity contribution in [2.24, 2.45) is 0 Å². The second-order valence-corrected chi connectivity index (χ2v) is 1.99. The summed E-state index contributed by atoms with van der Waals surface area (Å²) in [6.45, 7) is 0. The Morgan fingerprint density at radius 1 is 1.67 bits per heavy atom. The fourth-order valence-electron chi connectivity index (χ4n) is 0.794. The van der Waals surface area contributed by atoms with E-state index in [0.29, 0.717) is 0 Å². The van der Waals surface area contributed by atoms with E-state index in [4.69, 9.17) is 4.74 Å². The average Bonchev–Trinajstić information content (AvgIpc) is 2.13. The fraction of sp³-hybridized carbons (Fsp3) is 0.500. The molecule has 1 rings (SSSR count). The van der Waals surface area contributed by atoms with E-state index in [0.717, 1.165) is 12.8 Å². The van der Waals surface area contributed by atoms with Gasteiger partial charge in [0, 0.05) is 13.5 Å². The number of hydrogen-bond acceptors (Lipinski definition) is 1. The quantitative estimate of drug-likeness (QED) is 0.477. The van der Waals surface area contributed by atoms with Gasteiger partial charge in [0.25, 0.3) is 0 Å². The Hall–Kier alpha value is -0.740. The lowest BCUT2D eigenvalue weighted by atomic mass is 10.2. The van der Waals surface area contributed by atoms with Crippen molar-refractivity contribution in [3.05, 3.63) is 12.2 Å². The van der Waals surface area contributed by atoms with Crippen LogP contribution in [0.2, 0.25) is 0 Å². The van der Waals surface area contributed by atoms with Crippen LogP contribution in [0.25, 0.3) is 0 Å². The zero-order valence-corrected chi connectivity index (χ0v) is 5.55. The molecule has 1 aliphatic rings. The summed E-state index contributed by atoms with van der Waals surface area (Å²) in [5.41, 5.74) is 0. The van der Waals surface area contributed by atoms with E-state index in [2.05, 4.69) is 11.8 Å². The highest BCUT2D eigenvalue weighted by Gasteiger charge is 2.00. The monoisotopic (exact) mass is 122 g/mol. The Morgan fingerprint density at radius 3 is 3.33 bits per heavy atom. The molecular weight excluding hydrogens is 112 g/mol. The summed E-state index contributed by atoms with van der Waals surface area (Å²) in [6, 6.07) is 0. The van der Waals surface area contributed by atoms with Crippen molar-refractivity contribution >= 4 is 0 Å². The van der Waals surface area contributed by atoms with Crippen LogP contribution in [0.5, 0.6) is 0 Å². The summed E-state index contributed by atoms with van der Waals surface area (Å²) in [6.07, 6.45) is 6.11. The molecule has 1 unspecified atom stereocenters. The molecule has 0 bridgehead atoms. The third kappa shape index (κ3) is 1.91. The maximum atomic E-state index is 5.10. The number of hydrogen-bond donors (Lipinski definition) is 0. The van der Waals surface area contributed by atoms with Crippen LogP contribution in [0, 0.1) is 11.8 Å². The molecule has 1 heteroatoms. The number of allylic oxidation sites excluding steroid dienone is 1. The van der Waals surface area contributed by atoms with Crippen molar-refractivity contribution in [1.29, 1.82) is 0 Å². The summed E-state index contributed by atoms with van der Waals surface area (Å²) in [5.74, 6) is 5.90. The van der Waals surface area contributed by atoms with E-state index in [-0.39, 0.29) is 6.10 Å². The van der Waals surface area contributed by atoms with Crippen LogP contribution in [0.4, 0.5) is 0 Å². The van der Waals surface area contributed by atoms with Crippen LogP contribution in [-0.2, 0) is 4.74 Å². The molecular formula is C8H10O. The fourth-order valence-corrected chi connectivity index (χ4v) is 0.794. The van der Waals surface area contributed by atoms with Gasteiger partial charge in [-0.05, 0) is 18.6 Å². The molecule has 0 heterocycles. The minimum atomic E-state index is 0.271. The highest BCUT2D eigenvalue weighted by atomic mass is 16.5. The minimum absolute atomic E-state index is 0.271. The highest BCUT2D eigenvalue weighted by molar-refractivity contribution is 5.19. The van der Waals surface area contributed by atoms with Crippen molar-refractivity contribution in [1.82, 2.24) is 0 Å². The molecule has 0 saturated heterocycles. The second-order valence-electron chi connectivity index (χ2n) is 1.99. The molecule has 0 spiro atoms. The van der Waals surface area contributed by atoms with Gasteiger partial charge in [-0.1, -0.05) is 11.8 Å². The van der Waals surface area contributed by atoms with Gasteiger partial charge in [-0.2, -0.15) is 0 Å². The molecule has 48 valence electrons. The first-order valence-corrected chi connectivity index (χ1v) is 3.11. The lowest BCUT2D eigenvalue weighted by Crippen LogP contribution is -2.04. The highest BCUT2D eigenvalue weighted by Crippen LogP contribution is 2.03. The first-order chi connectivity index (χ1) is 4.43. The van der Waals surface area contributed by atoms with Gasteiger partial charge >= 0.3 is 0 Å². The molecule has 0 aromatic heterocycles. The van der Waals surface area contributed by atoms with Crippen molar-refractivity contribution in [2.45, 2.75) is 18.9 Å². The molecule has 1 aliphatic carbocycles.